The highest BCUT2D eigenvalue weighted by Crippen LogP contribution is 2.27. The number of methoxy groups -OCH3 is 2. The van der Waals surface area contributed by atoms with Gasteiger partial charge in [0.05, 0.1) is 31.8 Å². The molecule has 2 aromatic carbocycles. The number of ether oxygens (including phenoxy) is 2. The van der Waals surface area contributed by atoms with Crippen LogP contribution < -0.4 is 14.8 Å². The quantitative estimate of drug-likeness (QED) is 0.467. The monoisotopic (exact) mass is 419 g/mol. The lowest BCUT2D eigenvalue weighted by atomic mass is 10.1. The Kier molecular flexibility index (Phi) is 5.93. The van der Waals surface area contributed by atoms with Crippen molar-refractivity contribution in [2.24, 2.45) is 0 Å². The SMILES string of the molecule is COc1ccc(CCNC(=O)c2ccc(Cn3c(C)nc4ccccc43)o2)cc1OC. The summed E-state index contributed by atoms with van der Waals surface area (Å²) in [5.74, 6) is 3.02. The lowest BCUT2D eigenvalue weighted by molar-refractivity contribution is 0.0924. The number of fused-ring (bicyclic) bond motifs is 1. The number of hydrogen-bond donors (Lipinski definition) is 1. The number of para-hydroxylation sites is 2. The van der Waals surface area contributed by atoms with E-state index in [0.717, 1.165) is 22.4 Å². The molecule has 0 bridgehead atoms. The first-order chi connectivity index (χ1) is 15.1. The van der Waals surface area contributed by atoms with Crippen LogP contribution in [0.25, 0.3) is 11.0 Å². The molecule has 0 radical (unpaired) electrons. The third kappa shape index (κ3) is 4.40. The molecule has 0 aliphatic carbocycles. The van der Waals surface area contributed by atoms with E-state index >= 15 is 0 Å². The van der Waals surface area contributed by atoms with E-state index in [1.54, 1.807) is 20.3 Å². The van der Waals surface area contributed by atoms with Crippen molar-refractivity contribution in [3.8, 4) is 11.5 Å². The maximum Gasteiger partial charge on any atom is 0.287 e. The number of benzene rings is 2. The Labute approximate surface area is 180 Å². The molecule has 0 spiro atoms. The Hall–Kier alpha value is -3.74. The minimum Gasteiger partial charge on any atom is -0.493 e. The van der Waals surface area contributed by atoms with Gasteiger partial charge in [0, 0.05) is 6.54 Å². The molecule has 1 N–H and O–H groups in total. The number of rotatable bonds is 8. The van der Waals surface area contributed by atoms with Gasteiger partial charge in [0.25, 0.3) is 5.91 Å². The number of aryl methyl sites for hydroxylation is 1. The van der Waals surface area contributed by atoms with Crippen molar-refractivity contribution in [3.63, 3.8) is 0 Å². The van der Waals surface area contributed by atoms with E-state index in [-0.39, 0.29) is 5.91 Å². The first-order valence-corrected chi connectivity index (χ1v) is 10.1. The molecular weight excluding hydrogens is 394 g/mol. The highest BCUT2D eigenvalue weighted by Gasteiger charge is 2.14. The van der Waals surface area contributed by atoms with E-state index in [1.807, 2.05) is 55.5 Å². The summed E-state index contributed by atoms with van der Waals surface area (Å²) in [5.41, 5.74) is 3.03. The molecule has 7 heteroatoms. The predicted molar refractivity (Wildman–Crippen MR) is 118 cm³/mol. The Morgan fingerprint density at radius 1 is 1.06 bits per heavy atom. The molecule has 2 heterocycles. The lowest BCUT2D eigenvalue weighted by Crippen LogP contribution is -2.25. The zero-order chi connectivity index (χ0) is 21.8. The van der Waals surface area contributed by atoms with E-state index in [2.05, 4.69) is 14.9 Å². The van der Waals surface area contributed by atoms with Crippen molar-refractivity contribution in [1.29, 1.82) is 0 Å². The topological polar surface area (TPSA) is 78.5 Å². The van der Waals surface area contributed by atoms with Crippen molar-refractivity contribution in [1.82, 2.24) is 14.9 Å². The molecule has 0 aliphatic rings. The van der Waals surface area contributed by atoms with Crippen molar-refractivity contribution in [2.45, 2.75) is 19.9 Å². The van der Waals surface area contributed by atoms with Crippen LogP contribution in [0.3, 0.4) is 0 Å². The highest BCUT2D eigenvalue weighted by molar-refractivity contribution is 5.91. The summed E-state index contributed by atoms with van der Waals surface area (Å²) >= 11 is 0. The van der Waals surface area contributed by atoms with E-state index < -0.39 is 0 Å². The predicted octanol–water partition coefficient (Wildman–Crippen LogP) is 3.98. The van der Waals surface area contributed by atoms with Crippen LogP contribution >= 0.6 is 0 Å². The maximum atomic E-state index is 12.5. The largest absolute Gasteiger partial charge is 0.493 e. The second kappa shape index (κ2) is 8.95. The average Bonchev–Trinajstić information content (AvgIpc) is 3.38. The van der Waals surface area contributed by atoms with Gasteiger partial charge < -0.3 is 23.8 Å². The van der Waals surface area contributed by atoms with Crippen LogP contribution in [-0.2, 0) is 13.0 Å². The molecule has 1 amide bonds. The Bertz CT molecular complexity index is 1210. The summed E-state index contributed by atoms with van der Waals surface area (Å²) in [7, 11) is 3.21. The summed E-state index contributed by atoms with van der Waals surface area (Å²) < 4.78 is 18.4. The van der Waals surface area contributed by atoms with Crippen molar-refractivity contribution < 1.29 is 18.7 Å². The first kappa shape index (κ1) is 20.5. The minimum atomic E-state index is -0.237. The summed E-state index contributed by atoms with van der Waals surface area (Å²) in [4.78, 5) is 17.1. The van der Waals surface area contributed by atoms with Crippen LogP contribution in [0.15, 0.2) is 59.0 Å². The fourth-order valence-corrected chi connectivity index (χ4v) is 3.58. The van der Waals surface area contributed by atoms with E-state index in [4.69, 9.17) is 13.9 Å². The number of imidazole rings is 1. The molecule has 0 saturated carbocycles. The van der Waals surface area contributed by atoms with Gasteiger partial charge in [-0.3, -0.25) is 4.79 Å². The molecule has 2 aromatic heterocycles. The number of nitrogens with zero attached hydrogens (tertiary/aromatic N) is 2. The van der Waals surface area contributed by atoms with Crippen LogP contribution in [0.5, 0.6) is 11.5 Å². The van der Waals surface area contributed by atoms with Gasteiger partial charge in [0.15, 0.2) is 17.3 Å². The highest BCUT2D eigenvalue weighted by atomic mass is 16.5. The summed E-state index contributed by atoms with van der Waals surface area (Å²) in [6.45, 7) is 2.96. The molecule has 31 heavy (non-hydrogen) atoms. The summed E-state index contributed by atoms with van der Waals surface area (Å²) in [6.07, 6.45) is 0.667. The van der Waals surface area contributed by atoms with Crippen molar-refractivity contribution >= 4 is 16.9 Å². The number of carbonyl (C=O) groups is 1. The van der Waals surface area contributed by atoms with Crippen LogP contribution in [0.4, 0.5) is 0 Å². The van der Waals surface area contributed by atoms with Crippen LogP contribution in [0, 0.1) is 6.92 Å². The number of nitrogens with one attached hydrogen (secondary N) is 1. The number of carbonyl (C=O) groups excluding carboxylic acids is 1. The number of hydrogen-bond acceptors (Lipinski definition) is 5. The fourth-order valence-electron chi connectivity index (χ4n) is 3.58. The zero-order valence-electron chi connectivity index (χ0n) is 17.8. The molecule has 0 unspecified atom stereocenters. The second-order valence-corrected chi connectivity index (χ2v) is 7.20. The third-order valence-corrected chi connectivity index (χ3v) is 5.19. The minimum absolute atomic E-state index is 0.237. The molecular formula is C24H25N3O4. The average molecular weight is 419 g/mol. The summed E-state index contributed by atoms with van der Waals surface area (Å²) in [6, 6.07) is 17.2. The Morgan fingerprint density at radius 2 is 1.87 bits per heavy atom. The molecule has 7 nitrogen and oxygen atoms in total. The number of furan rings is 1. The van der Waals surface area contributed by atoms with Gasteiger partial charge in [-0.1, -0.05) is 18.2 Å². The van der Waals surface area contributed by atoms with Gasteiger partial charge in [-0.2, -0.15) is 0 Å². The van der Waals surface area contributed by atoms with Gasteiger partial charge in [0.2, 0.25) is 0 Å². The molecule has 160 valence electrons. The van der Waals surface area contributed by atoms with Gasteiger partial charge in [-0.15, -0.1) is 0 Å². The lowest BCUT2D eigenvalue weighted by Gasteiger charge is -2.10. The van der Waals surface area contributed by atoms with E-state index in [1.165, 1.54) is 0 Å². The number of aromatic nitrogens is 2. The van der Waals surface area contributed by atoms with Crippen LogP contribution in [0.1, 0.15) is 27.7 Å². The van der Waals surface area contributed by atoms with Gasteiger partial charge in [-0.25, -0.2) is 4.98 Å². The van der Waals surface area contributed by atoms with Crippen LogP contribution in [0.2, 0.25) is 0 Å². The fraction of sp³-hybridized carbons (Fsp3) is 0.250. The standard InChI is InChI=1S/C24H25N3O4/c1-16-26-19-6-4-5-7-20(19)27(16)15-18-9-11-22(31-18)24(28)25-13-12-17-8-10-21(29-2)23(14-17)30-3/h4-11,14H,12-13,15H2,1-3H3,(H,25,28). The van der Waals surface area contributed by atoms with Crippen molar-refractivity contribution in [3.05, 3.63) is 77.5 Å². The zero-order valence-corrected chi connectivity index (χ0v) is 17.8. The molecule has 0 atom stereocenters. The maximum absolute atomic E-state index is 12.5. The molecule has 4 rings (SSSR count). The van der Waals surface area contributed by atoms with Gasteiger partial charge in [-0.05, 0) is 55.3 Å². The second-order valence-electron chi connectivity index (χ2n) is 7.20. The van der Waals surface area contributed by atoms with Crippen LogP contribution in [-0.4, -0.2) is 36.2 Å². The van der Waals surface area contributed by atoms with Gasteiger partial charge >= 0.3 is 0 Å². The normalized spacial score (nSPS) is 10.9. The van der Waals surface area contributed by atoms with E-state index in [9.17, 15) is 4.79 Å². The Balaban J connectivity index is 1.37. The Morgan fingerprint density at radius 3 is 2.68 bits per heavy atom. The molecule has 0 fully saturated rings. The van der Waals surface area contributed by atoms with Crippen molar-refractivity contribution in [2.75, 3.05) is 20.8 Å². The molecule has 0 saturated heterocycles. The molecule has 4 aromatic rings. The first-order valence-electron chi connectivity index (χ1n) is 10.1. The molecule has 0 aliphatic heterocycles. The number of amides is 1. The summed E-state index contributed by atoms with van der Waals surface area (Å²) in [5, 5.41) is 2.90. The third-order valence-electron chi connectivity index (χ3n) is 5.19. The van der Waals surface area contributed by atoms with Gasteiger partial charge in [0.1, 0.15) is 11.6 Å². The van der Waals surface area contributed by atoms with E-state index in [0.29, 0.717) is 42.5 Å². The smallest absolute Gasteiger partial charge is 0.287 e.